The van der Waals surface area contributed by atoms with Gasteiger partial charge in [-0.05, 0) is 0 Å². The van der Waals surface area contributed by atoms with Crippen molar-refractivity contribution in [2.75, 3.05) is 0 Å². The minimum absolute atomic E-state index is 0. The van der Waals surface area contributed by atoms with E-state index in [9.17, 15) is 0 Å². The van der Waals surface area contributed by atoms with Crippen LogP contribution in [0.4, 0.5) is 0 Å². The van der Waals surface area contributed by atoms with Crippen molar-refractivity contribution in [2.45, 2.75) is 0 Å². The molecule has 0 bridgehead atoms. The lowest BCUT2D eigenvalue weighted by Crippen LogP contribution is -1.23. The molecule has 0 amide bonds. The Morgan fingerprint density at radius 3 is 1.11 bits per heavy atom. The fourth-order valence-corrected chi connectivity index (χ4v) is 0. The molecular formula is C6H8N2O. The summed E-state index contributed by atoms with van der Waals surface area (Å²) < 4.78 is 0. The maximum Gasteiger partial charge on any atom is 0.0905 e. The molecule has 0 unspecified atom stereocenters. The van der Waals surface area contributed by atoms with Gasteiger partial charge in [0, 0.05) is 12.2 Å². The lowest BCUT2D eigenvalue weighted by atomic mass is 10.8. The summed E-state index contributed by atoms with van der Waals surface area (Å²) >= 11 is 0. The van der Waals surface area contributed by atoms with Crippen molar-refractivity contribution in [3.8, 4) is 12.1 Å². The van der Waals surface area contributed by atoms with Gasteiger partial charge >= 0.3 is 0 Å². The lowest BCUT2D eigenvalue weighted by Gasteiger charge is -1.31. The van der Waals surface area contributed by atoms with Crippen LogP contribution < -0.4 is 0 Å². The highest BCUT2D eigenvalue weighted by molar-refractivity contribution is 4.93. The Balaban J connectivity index is -0.0000000720. The average Bonchev–Trinajstić information content (AvgIpc) is 1.88. The zero-order valence-electron chi connectivity index (χ0n) is 4.96. The van der Waals surface area contributed by atoms with E-state index in [2.05, 4.69) is 13.2 Å². The summed E-state index contributed by atoms with van der Waals surface area (Å²) in [5.74, 6) is 0. The molecule has 0 fully saturated rings. The zero-order valence-corrected chi connectivity index (χ0v) is 4.96. The van der Waals surface area contributed by atoms with E-state index in [-0.39, 0.29) is 5.48 Å². The summed E-state index contributed by atoms with van der Waals surface area (Å²) in [5.41, 5.74) is 0. The molecule has 0 aromatic heterocycles. The molecule has 9 heavy (non-hydrogen) atoms. The molecule has 0 heterocycles. The van der Waals surface area contributed by atoms with E-state index in [1.54, 1.807) is 12.1 Å². The summed E-state index contributed by atoms with van der Waals surface area (Å²) in [6.45, 7) is 6.24. The van der Waals surface area contributed by atoms with Crippen molar-refractivity contribution in [3.63, 3.8) is 0 Å². The largest absolute Gasteiger partial charge is 0.412 e. The van der Waals surface area contributed by atoms with Crippen LogP contribution in [0.2, 0.25) is 0 Å². The highest BCUT2D eigenvalue weighted by Crippen LogP contribution is 1.41. The Morgan fingerprint density at radius 1 is 1.00 bits per heavy atom. The molecule has 0 aromatic carbocycles. The molecule has 0 saturated carbocycles. The van der Waals surface area contributed by atoms with E-state index in [1.165, 1.54) is 12.2 Å². The Kier molecular flexibility index (Phi) is 56.0. The van der Waals surface area contributed by atoms with Gasteiger partial charge in [-0.1, -0.05) is 13.2 Å². The molecule has 0 rings (SSSR count). The van der Waals surface area contributed by atoms with Crippen LogP contribution in [-0.4, -0.2) is 5.48 Å². The number of allylic oxidation sites excluding steroid dienone is 2. The number of hydrogen-bond donors (Lipinski definition) is 0. The van der Waals surface area contributed by atoms with E-state index >= 15 is 0 Å². The summed E-state index contributed by atoms with van der Waals surface area (Å²) in [4.78, 5) is 0. The van der Waals surface area contributed by atoms with Crippen LogP contribution in [-0.2, 0) is 0 Å². The van der Waals surface area contributed by atoms with E-state index in [1.807, 2.05) is 0 Å². The third kappa shape index (κ3) is 711. The minimum Gasteiger partial charge on any atom is -0.412 e. The van der Waals surface area contributed by atoms with Crippen LogP contribution in [0.15, 0.2) is 25.3 Å². The van der Waals surface area contributed by atoms with Gasteiger partial charge in [-0.25, -0.2) is 0 Å². The number of nitriles is 2. The molecule has 0 aliphatic heterocycles. The predicted molar refractivity (Wildman–Crippen MR) is 35.2 cm³/mol. The van der Waals surface area contributed by atoms with Crippen LogP contribution in [0.1, 0.15) is 0 Å². The second kappa shape index (κ2) is 32.2. The molecule has 48 valence electrons. The van der Waals surface area contributed by atoms with E-state index in [0.29, 0.717) is 0 Å². The first-order valence-corrected chi connectivity index (χ1v) is 1.84. The van der Waals surface area contributed by atoms with Crippen LogP contribution in [0.25, 0.3) is 0 Å². The normalized spacial score (nSPS) is 3.33. The maximum atomic E-state index is 7.51. The van der Waals surface area contributed by atoms with Crippen molar-refractivity contribution in [2.24, 2.45) is 0 Å². The van der Waals surface area contributed by atoms with Gasteiger partial charge < -0.3 is 5.48 Å². The Morgan fingerprint density at radius 2 is 1.11 bits per heavy atom. The molecule has 2 N–H and O–H groups in total. The van der Waals surface area contributed by atoms with Crippen molar-refractivity contribution < 1.29 is 5.48 Å². The van der Waals surface area contributed by atoms with Gasteiger partial charge in [0.25, 0.3) is 0 Å². The topological polar surface area (TPSA) is 79.1 Å². The summed E-state index contributed by atoms with van der Waals surface area (Å²) in [7, 11) is 0. The maximum absolute atomic E-state index is 7.51. The second-order valence-corrected chi connectivity index (χ2v) is 0.666. The monoisotopic (exact) mass is 124 g/mol. The molecule has 0 aliphatic carbocycles. The quantitative estimate of drug-likeness (QED) is 0.442. The van der Waals surface area contributed by atoms with Crippen LogP contribution in [0.5, 0.6) is 0 Å². The average molecular weight is 124 g/mol. The third-order valence-corrected chi connectivity index (χ3v) is 0.183. The Hall–Kier alpha value is -1.58. The summed E-state index contributed by atoms with van der Waals surface area (Å²) in [5, 5.41) is 15.0. The molecule has 0 atom stereocenters. The van der Waals surface area contributed by atoms with E-state index in [4.69, 9.17) is 10.5 Å². The number of rotatable bonds is 0. The van der Waals surface area contributed by atoms with Crippen LogP contribution in [0, 0.1) is 22.7 Å². The van der Waals surface area contributed by atoms with Crippen molar-refractivity contribution >= 4 is 0 Å². The van der Waals surface area contributed by atoms with Gasteiger partial charge in [-0.15, -0.1) is 0 Å². The van der Waals surface area contributed by atoms with Gasteiger partial charge in [0.1, 0.15) is 0 Å². The number of hydrogen-bond acceptors (Lipinski definition) is 2. The first-order valence-electron chi connectivity index (χ1n) is 1.84. The van der Waals surface area contributed by atoms with E-state index < -0.39 is 0 Å². The van der Waals surface area contributed by atoms with Crippen molar-refractivity contribution in [3.05, 3.63) is 25.3 Å². The van der Waals surface area contributed by atoms with Gasteiger partial charge in [0.2, 0.25) is 0 Å². The highest BCUT2D eigenvalue weighted by atomic mass is 16.0. The molecule has 0 aromatic rings. The van der Waals surface area contributed by atoms with Gasteiger partial charge in [0.05, 0.1) is 12.1 Å². The molecule has 0 radical (unpaired) electrons. The summed E-state index contributed by atoms with van der Waals surface area (Å²) in [6.07, 6.45) is 2.36. The zero-order chi connectivity index (χ0) is 6.83. The Bertz CT molecular complexity index is 120. The van der Waals surface area contributed by atoms with Gasteiger partial charge in [-0.3, -0.25) is 0 Å². The van der Waals surface area contributed by atoms with Crippen LogP contribution in [0.3, 0.4) is 0 Å². The SMILES string of the molecule is C=CC#N.C=CC#N.O. The first-order chi connectivity index (χ1) is 3.83. The fourth-order valence-electron chi connectivity index (χ4n) is 0. The molecule has 3 nitrogen and oxygen atoms in total. The smallest absolute Gasteiger partial charge is 0.0905 e. The van der Waals surface area contributed by atoms with Crippen LogP contribution >= 0.6 is 0 Å². The minimum atomic E-state index is 0. The molecular weight excluding hydrogens is 116 g/mol. The predicted octanol–water partition coefficient (Wildman–Crippen LogP) is 0.567. The molecule has 0 saturated heterocycles. The van der Waals surface area contributed by atoms with Crippen molar-refractivity contribution in [1.29, 1.82) is 10.5 Å². The fraction of sp³-hybridized carbons (Fsp3) is 0. The first kappa shape index (κ1) is 15.7. The van der Waals surface area contributed by atoms with Gasteiger partial charge in [0.15, 0.2) is 0 Å². The standard InChI is InChI=1S/2C3H3N.H2O/c2*1-2-3-4;/h2*2H,1H2;1H2. The van der Waals surface area contributed by atoms with E-state index in [0.717, 1.165) is 0 Å². The second-order valence-electron chi connectivity index (χ2n) is 0.666. The van der Waals surface area contributed by atoms with Crippen molar-refractivity contribution in [1.82, 2.24) is 0 Å². The Labute approximate surface area is 54.5 Å². The number of nitrogens with zero attached hydrogens (tertiary/aromatic N) is 2. The highest BCUT2D eigenvalue weighted by Gasteiger charge is 1.34. The molecule has 3 heteroatoms. The third-order valence-electron chi connectivity index (χ3n) is 0.183. The lowest BCUT2D eigenvalue weighted by molar-refractivity contribution is 0.824. The molecule has 0 spiro atoms. The summed E-state index contributed by atoms with van der Waals surface area (Å²) in [6, 6.07) is 3.39. The van der Waals surface area contributed by atoms with Gasteiger partial charge in [-0.2, -0.15) is 10.5 Å². The molecule has 0 aliphatic rings.